The van der Waals surface area contributed by atoms with Crippen molar-refractivity contribution in [2.75, 3.05) is 32.5 Å². The van der Waals surface area contributed by atoms with Gasteiger partial charge in [-0.2, -0.15) is 0 Å². The minimum Gasteiger partial charge on any atom is -0.394 e. The summed E-state index contributed by atoms with van der Waals surface area (Å²) in [5.74, 6) is -1.13. The van der Waals surface area contributed by atoms with Crippen LogP contribution in [0, 0.1) is 0 Å². The lowest BCUT2D eigenvalue weighted by Gasteiger charge is -2.43. The number of ether oxygens (including phenoxy) is 3. The van der Waals surface area contributed by atoms with E-state index in [0.29, 0.717) is 13.0 Å². The van der Waals surface area contributed by atoms with Crippen molar-refractivity contribution in [3.8, 4) is 0 Å². The summed E-state index contributed by atoms with van der Waals surface area (Å²) in [5.41, 5.74) is 5.44. The summed E-state index contributed by atoms with van der Waals surface area (Å²) < 4.78 is 34.6. The fraction of sp³-hybridized carbons (Fsp3) is 0.900. The first-order valence-corrected chi connectivity index (χ1v) is 13.5. The Hall–Kier alpha value is -1.27. The summed E-state index contributed by atoms with van der Waals surface area (Å²) in [7, 11) is -4.57. The molecule has 0 aromatic carbocycles. The number of carbonyl (C=O) groups is 2. The van der Waals surface area contributed by atoms with Gasteiger partial charge < -0.3 is 65.5 Å². The van der Waals surface area contributed by atoms with E-state index in [-0.39, 0.29) is 6.61 Å². The number of hydrogen-bond acceptors (Lipinski definition) is 13. The Morgan fingerprint density at radius 1 is 0.919 bits per heavy atom. The van der Waals surface area contributed by atoms with Crippen LogP contribution in [-0.4, -0.2) is 136 Å². The van der Waals surface area contributed by atoms with E-state index < -0.39 is 99.9 Å². The van der Waals surface area contributed by atoms with Gasteiger partial charge >= 0.3 is 7.60 Å². The second kappa shape index (κ2) is 14.2. The van der Waals surface area contributed by atoms with Gasteiger partial charge in [-0.15, -0.1) is 0 Å². The lowest BCUT2D eigenvalue weighted by molar-refractivity contribution is -0.269. The first-order valence-electron chi connectivity index (χ1n) is 11.8. The molecule has 0 saturated carbocycles. The molecule has 0 bridgehead atoms. The summed E-state index contributed by atoms with van der Waals surface area (Å²) >= 11 is 0. The predicted octanol–water partition coefficient (Wildman–Crippen LogP) is -4.51. The van der Waals surface area contributed by atoms with Gasteiger partial charge in [0.25, 0.3) is 0 Å². The zero-order chi connectivity index (χ0) is 27.9. The number of nitrogens with one attached hydrogen (secondary N) is 2. The molecule has 11 atom stereocenters. The first kappa shape index (κ1) is 31.9. The molecule has 10 N–H and O–H groups in total. The molecule has 0 aromatic heterocycles. The summed E-state index contributed by atoms with van der Waals surface area (Å²) in [5, 5.41) is 55.6. The quantitative estimate of drug-likeness (QED) is 0.0806. The van der Waals surface area contributed by atoms with Crippen molar-refractivity contribution in [3.05, 3.63) is 0 Å². The molecule has 1 unspecified atom stereocenters. The summed E-state index contributed by atoms with van der Waals surface area (Å²) in [6.07, 6.45) is -11.9. The van der Waals surface area contributed by atoms with Crippen LogP contribution < -0.4 is 16.4 Å². The highest BCUT2D eigenvalue weighted by molar-refractivity contribution is 7.52. The Bertz CT molecular complexity index is 807. The topological polar surface area (TPSA) is 260 Å². The second-order valence-corrected chi connectivity index (χ2v) is 10.9. The van der Waals surface area contributed by atoms with E-state index in [1.807, 2.05) is 0 Å². The molecule has 2 fully saturated rings. The lowest BCUT2D eigenvalue weighted by atomic mass is 9.93. The molecular formula is C20H38N3O13P. The molecule has 0 aromatic rings. The van der Waals surface area contributed by atoms with Crippen molar-refractivity contribution in [1.82, 2.24) is 10.6 Å². The summed E-state index contributed by atoms with van der Waals surface area (Å²) in [4.78, 5) is 33.5. The number of rotatable bonds is 12. The molecule has 16 nitrogen and oxygen atoms in total. The third-order valence-corrected chi connectivity index (χ3v) is 7.33. The van der Waals surface area contributed by atoms with E-state index in [9.17, 15) is 44.6 Å². The van der Waals surface area contributed by atoms with Crippen LogP contribution in [0.15, 0.2) is 0 Å². The van der Waals surface area contributed by atoms with Crippen molar-refractivity contribution >= 4 is 19.4 Å². The maximum atomic E-state index is 12.9. The van der Waals surface area contributed by atoms with Crippen LogP contribution in [0.5, 0.6) is 0 Å². The number of nitrogens with two attached hydrogens (primary N) is 1. The van der Waals surface area contributed by atoms with Gasteiger partial charge in [-0.25, -0.2) is 0 Å². The van der Waals surface area contributed by atoms with Gasteiger partial charge in [0.1, 0.15) is 42.7 Å². The molecule has 2 aliphatic rings. The average Bonchev–Trinajstić information content (AvgIpc) is 2.81. The first-order chi connectivity index (χ1) is 17.3. The summed E-state index contributed by atoms with van der Waals surface area (Å²) in [6, 6.07) is -2.43. The van der Waals surface area contributed by atoms with Crippen LogP contribution in [-0.2, 0) is 32.9 Å². The number of aliphatic hydroxyl groups is 5. The van der Waals surface area contributed by atoms with Gasteiger partial charge in [0.2, 0.25) is 11.8 Å². The van der Waals surface area contributed by atoms with Gasteiger partial charge in [0, 0.05) is 13.8 Å². The van der Waals surface area contributed by atoms with Gasteiger partial charge in [0.05, 0.1) is 38.1 Å². The number of carbonyl (C=O) groups excluding carboxylic acids is 2. The monoisotopic (exact) mass is 559 g/mol. The third kappa shape index (κ3) is 8.88. The zero-order valence-electron chi connectivity index (χ0n) is 20.6. The van der Waals surface area contributed by atoms with Gasteiger partial charge in [-0.05, 0) is 13.0 Å². The van der Waals surface area contributed by atoms with Gasteiger partial charge in [-0.3, -0.25) is 14.2 Å². The third-order valence-electron chi connectivity index (χ3n) is 5.95. The van der Waals surface area contributed by atoms with Crippen LogP contribution in [0.3, 0.4) is 0 Å². The van der Waals surface area contributed by atoms with E-state index in [0.717, 1.165) is 6.92 Å². The second-order valence-electron chi connectivity index (χ2n) is 8.98. The minimum atomic E-state index is -4.57. The van der Waals surface area contributed by atoms with E-state index >= 15 is 0 Å². The van der Waals surface area contributed by atoms with Crippen LogP contribution in [0.2, 0.25) is 0 Å². The van der Waals surface area contributed by atoms with Crippen LogP contribution >= 0.6 is 7.60 Å². The van der Waals surface area contributed by atoms with Crippen LogP contribution in [0.4, 0.5) is 0 Å². The summed E-state index contributed by atoms with van der Waals surface area (Å²) in [6.45, 7) is 1.34. The molecule has 2 amide bonds. The predicted molar refractivity (Wildman–Crippen MR) is 124 cm³/mol. The maximum absolute atomic E-state index is 12.9. The Kier molecular flexibility index (Phi) is 12.3. The Labute approximate surface area is 213 Å². The number of amides is 2. The molecule has 17 heteroatoms. The zero-order valence-corrected chi connectivity index (χ0v) is 21.5. The molecule has 2 heterocycles. The standard InChI is InChI=1S/C20H38N3O13P/c1-9(25)22-14-13(35-11(6-24)16(27)18(14)29)8-37(31,32)34-7-12-17(28)19(30)15(23-10(2)26)20(36-12)33-5-3-4-21/h11-20,24,27-30H,3-8,21H2,1-2H3,(H,22,25)(H,23,26)(H,31,32)/t11-,12-,13-,14-,15+,16-,17-,18-,19-,20+/m1/s1. The molecule has 2 saturated heterocycles. The highest BCUT2D eigenvalue weighted by Crippen LogP contribution is 2.45. The Balaban J connectivity index is 2.10. The van der Waals surface area contributed by atoms with Crippen LogP contribution in [0.1, 0.15) is 20.3 Å². The molecular weight excluding hydrogens is 521 g/mol. The molecule has 216 valence electrons. The molecule has 0 spiro atoms. The number of hydrogen-bond donors (Lipinski definition) is 9. The van der Waals surface area contributed by atoms with Crippen molar-refractivity contribution in [2.24, 2.45) is 5.73 Å². The lowest BCUT2D eigenvalue weighted by Crippen LogP contribution is -2.65. The van der Waals surface area contributed by atoms with Crippen LogP contribution in [0.25, 0.3) is 0 Å². The molecule has 37 heavy (non-hydrogen) atoms. The van der Waals surface area contributed by atoms with Crippen molar-refractivity contribution in [3.63, 3.8) is 0 Å². The van der Waals surface area contributed by atoms with E-state index in [1.54, 1.807) is 0 Å². The minimum absolute atomic E-state index is 0.107. The highest BCUT2D eigenvalue weighted by atomic mass is 31.2. The molecule has 2 rings (SSSR count). The van der Waals surface area contributed by atoms with E-state index in [1.165, 1.54) is 6.92 Å². The van der Waals surface area contributed by atoms with Crippen molar-refractivity contribution in [2.45, 2.75) is 81.4 Å². The Morgan fingerprint density at radius 2 is 1.49 bits per heavy atom. The fourth-order valence-electron chi connectivity index (χ4n) is 4.12. The average molecular weight is 560 g/mol. The Morgan fingerprint density at radius 3 is 2.05 bits per heavy atom. The van der Waals surface area contributed by atoms with Gasteiger partial charge in [-0.1, -0.05) is 0 Å². The number of aliphatic hydroxyl groups excluding tert-OH is 5. The smallest absolute Gasteiger partial charge is 0.330 e. The van der Waals surface area contributed by atoms with E-state index in [2.05, 4.69) is 10.6 Å². The molecule has 2 aliphatic heterocycles. The largest absolute Gasteiger partial charge is 0.394 e. The SMILES string of the molecule is CC(=O)N[C@@H]1[C@@H](OCCCN)O[C@H](COP(=O)(O)C[C@H]2O[C@H](CO)[C@@H](O)[C@H](O)[C@@H]2NC(C)=O)[C@@H](O)[C@@H]1O. The molecule has 0 radical (unpaired) electrons. The van der Waals surface area contributed by atoms with Crippen molar-refractivity contribution < 1.29 is 63.3 Å². The normalized spacial score (nSPS) is 38.0. The van der Waals surface area contributed by atoms with E-state index in [4.69, 9.17) is 24.5 Å². The fourth-order valence-corrected chi connectivity index (χ4v) is 5.37. The molecule has 0 aliphatic carbocycles. The van der Waals surface area contributed by atoms with Gasteiger partial charge in [0.15, 0.2) is 6.29 Å². The maximum Gasteiger partial charge on any atom is 0.330 e. The highest BCUT2D eigenvalue weighted by Gasteiger charge is 2.49. The van der Waals surface area contributed by atoms with Crippen molar-refractivity contribution in [1.29, 1.82) is 0 Å².